The first-order valence-corrected chi connectivity index (χ1v) is 9.79. The molecule has 2 unspecified atom stereocenters. The quantitative estimate of drug-likeness (QED) is 0.805. The van der Waals surface area contributed by atoms with Crippen molar-refractivity contribution in [3.05, 3.63) is 58.6 Å². The molecule has 2 aromatic carbocycles. The standard InChI is InChI=1S/C22H23ClFN3O3/c1-26(2)20(28)18-11-14(24)12-27(18)22(15-6-4-5-7-19(15)30-3)16-10-13(23)8-9-17(16)25-21(22)29/h4-10,14,18H,11-12H2,1-3H3,(H,25,29)/t14?,18-,22?/m0/s1/i1D,2D. The number of carbonyl (C=O) groups is 2. The highest BCUT2D eigenvalue weighted by Crippen LogP contribution is 2.51. The van der Waals surface area contributed by atoms with Crippen LogP contribution in [0.2, 0.25) is 5.02 Å². The van der Waals surface area contributed by atoms with Gasteiger partial charge in [0.15, 0.2) is 5.54 Å². The second-order valence-electron chi connectivity index (χ2n) is 7.43. The number of nitrogens with zero attached hydrogens (tertiary/aromatic N) is 2. The lowest BCUT2D eigenvalue weighted by Crippen LogP contribution is -2.57. The summed E-state index contributed by atoms with van der Waals surface area (Å²) in [6, 6.07) is 10.8. The number of amides is 2. The Morgan fingerprint density at radius 1 is 1.33 bits per heavy atom. The zero-order chi connectivity index (χ0) is 23.0. The van der Waals surface area contributed by atoms with Crippen LogP contribution < -0.4 is 10.1 Å². The average molecular weight is 434 g/mol. The molecule has 2 amide bonds. The third-order valence-electron chi connectivity index (χ3n) is 5.72. The van der Waals surface area contributed by atoms with Crippen LogP contribution in [-0.2, 0) is 15.1 Å². The van der Waals surface area contributed by atoms with E-state index in [2.05, 4.69) is 5.32 Å². The summed E-state index contributed by atoms with van der Waals surface area (Å²) in [5, 5.41) is 3.24. The van der Waals surface area contributed by atoms with E-state index in [1.54, 1.807) is 42.5 Å². The molecule has 2 heterocycles. The van der Waals surface area contributed by atoms with E-state index in [1.807, 2.05) is 0 Å². The van der Waals surface area contributed by atoms with Crippen LogP contribution in [0.5, 0.6) is 5.75 Å². The molecule has 0 aromatic heterocycles. The number of alkyl halides is 1. The molecule has 6 nitrogen and oxygen atoms in total. The van der Waals surface area contributed by atoms with Crippen LogP contribution in [0, 0.1) is 0 Å². The fraction of sp³-hybridized carbons (Fsp3) is 0.364. The van der Waals surface area contributed by atoms with E-state index >= 15 is 0 Å². The van der Waals surface area contributed by atoms with Gasteiger partial charge in [0.2, 0.25) is 5.91 Å². The van der Waals surface area contributed by atoms with E-state index in [-0.39, 0.29) is 13.0 Å². The average Bonchev–Trinajstić information content (AvgIpc) is 3.31. The summed E-state index contributed by atoms with van der Waals surface area (Å²) in [6.07, 6.45) is -1.51. The van der Waals surface area contributed by atoms with Crippen molar-refractivity contribution in [1.29, 1.82) is 0 Å². The maximum Gasteiger partial charge on any atom is 0.254 e. The summed E-state index contributed by atoms with van der Waals surface area (Å²) in [4.78, 5) is 29.5. The highest BCUT2D eigenvalue weighted by atomic mass is 35.5. The van der Waals surface area contributed by atoms with Crippen molar-refractivity contribution in [1.82, 2.24) is 9.80 Å². The summed E-state index contributed by atoms with van der Waals surface area (Å²) in [5.41, 5.74) is -0.119. The molecule has 1 saturated heterocycles. The summed E-state index contributed by atoms with van der Waals surface area (Å²) in [5.74, 6) is -0.607. The molecule has 2 aromatic rings. The van der Waals surface area contributed by atoms with E-state index in [0.29, 0.717) is 27.6 Å². The van der Waals surface area contributed by atoms with Gasteiger partial charge in [0.05, 0.1) is 13.2 Å². The lowest BCUT2D eigenvalue weighted by Gasteiger charge is -2.41. The Morgan fingerprint density at radius 3 is 2.83 bits per heavy atom. The molecule has 0 spiro atoms. The molecule has 8 heteroatoms. The third-order valence-corrected chi connectivity index (χ3v) is 5.96. The Kier molecular flexibility index (Phi) is 4.57. The molecule has 158 valence electrons. The van der Waals surface area contributed by atoms with Crippen molar-refractivity contribution in [2.45, 2.75) is 24.2 Å². The second-order valence-corrected chi connectivity index (χ2v) is 7.87. The highest BCUT2D eigenvalue weighted by molar-refractivity contribution is 6.31. The molecule has 0 aliphatic carbocycles. The lowest BCUT2D eigenvalue weighted by molar-refractivity contribution is -0.138. The maximum atomic E-state index is 14.9. The number of ether oxygens (including phenoxy) is 1. The van der Waals surface area contributed by atoms with Crippen LogP contribution in [-0.4, -0.2) is 61.5 Å². The number of rotatable bonds is 4. The van der Waals surface area contributed by atoms with Gasteiger partial charge in [-0.15, -0.1) is 0 Å². The third kappa shape index (κ3) is 2.96. The molecular formula is C22H23ClFN3O3. The molecular weight excluding hydrogens is 409 g/mol. The van der Waals surface area contributed by atoms with Crippen LogP contribution in [0.4, 0.5) is 10.1 Å². The minimum absolute atomic E-state index is 0.143. The van der Waals surface area contributed by atoms with E-state index in [1.165, 1.54) is 12.0 Å². The van der Waals surface area contributed by atoms with Crippen LogP contribution >= 0.6 is 11.6 Å². The topological polar surface area (TPSA) is 61.9 Å². The second kappa shape index (κ2) is 7.56. The fourth-order valence-corrected chi connectivity index (χ4v) is 4.68. The number of anilines is 1. The zero-order valence-corrected chi connectivity index (χ0v) is 17.2. The maximum absolute atomic E-state index is 14.9. The first-order valence-electron chi connectivity index (χ1n) is 10.8. The van der Waals surface area contributed by atoms with Gasteiger partial charge < -0.3 is 15.0 Å². The highest BCUT2D eigenvalue weighted by Gasteiger charge is 2.59. The van der Waals surface area contributed by atoms with Crippen LogP contribution in [0.15, 0.2) is 42.5 Å². The zero-order valence-electron chi connectivity index (χ0n) is 18.4. The smallest absolute Gasteiger partial charge is 0.254 e. The van der Waals surface area contributed by atoms with Gasteiger partial charge in [-0.1, -0.05) is 29.8 Å². The van der Waals surface area contributed by atoms with Gasteiger partial charge in [0.25, 0.3) is 5.91 Å². The molecule has 2 aliphatic heterocycles. The monoisotopic (exact) mass is 433 g/mol. The number of hydrogen-bond acceptors (Lipinski definition) is 4. The molecule has 0 saturated carbocycles. The van der Waals surface area contributed by atoms with Gasteiger partial charge in [-0.2, -0.15) is 0 Å². The first-order chi connectivity index (χ1) is 15.4. The number of hydrogen-bond donors (Lipinski definition) is 1. The van der Waals surface area contributed by atoms with Crippen LogP contribution in [0.3, 0.4) is 0 Å². The van der Waals surface area contributed by atoms with Gasteiger partial charge in [0, 0.05) is 51.6 Å². The van der Waals surface area contributed by atoms with Gasteiger partial charge in [0.1, 0.15) is 11.9 Å². The fourth-order valence-electron chi connectivity index (χ4n) is 4.51. The van der Waals surface area contributed by atoms with Gasteiger partial charge in [-0.25, -0.2) is 4.39 Å². The molecule has 3 atom stereocenters. The van der Waals surface area contributed by atoms with Crippen molar-refractivity contribution in [3.8, 4) is 5.75 Å². The van der Waals surface area contributed by atoms with Crippen LogP contribution in [0.1, 0.15) is 20.3 Å². The molecule has 0 bridgehead atoms. The molecule has 1 N–H and O–H groups in total. The summed E-state index contributed by atoms with van der Waals surface area (Å²) in [7, 11) is 0.616. The number of likely N-dealkylation sites (N-methyl/N-ethyl adjacent to an activating group) is 1. The van der Waals surface area contributed by atoms with Crippen LogP contribution in [0.25, 0.3) is 0 Å². The minimum atomic E-state index is -1.58. The number of carbonyl (C=O) groups excluding carboxylic acids is 2. The van der Waals surface area contributed by atoms with Gasteiger partial charge in [-0.05, 0) is 24.3 Å². The number of likely N-dealkylation sites (tertiary alicyclic amines) is 1. The Hall–Kier alpha value is -2.64. The number of benzene rings is 2. The Balaban J connectivity index is 1.99. The number of nitrogens with one attached hydrogen (secondary N) is 1. The number of fused-ring (bicyclic) bond motifs is 1. The van der Waals surface area contributed by atoms with Gasteiger partial charge >= 0.3 is 0 Å². The SMILES string of the molecule is [2H]CN(C[2H])C(=O)[C@@H]1CC(F)CN1C1(c2ccccc2OC)C(=O)Nc2ccc(Cl)cc21. The number of para-hydroxylation sites is 1. The molecule has 1 fully saturated rings. The van der Waals surface area contributed by atoms with Gasteiger partial charge in [-0.3, -0.25) is 14.5 Å². The number of methoxy groups -OCH3 is 1. The predicted molar refractivity (Wildman–Crippen MR) is 113 cm³/mol. The Morgan fingerprint density at radius 2 is 2.10 bits per heavy atom. The molecule has 30 heavy (non-hydrogen) atoms. The van der Waals surface area contributed by atoms with Crippen molar-refractivity contribution < 1.29 is 21.5 Å². The van der Waals surface area contributed by atoms with Crippen molar-refractivity contribution in [2.75, 3.05) is 33.0 Å². The number of halogens is 2. The predicted octanol–water partition coefficient (Wildman–Crippen LogP) is 3.04. The van der Waals surface area contributed by atoms with E-state index < -0.39 is 43.6 Å². The summed E-state index contributed by atoms with van der Waals surface area (Å²) in [6.45, 7) is -0.183. The largest absolute Gasteiger partial charge is 0.496 e. The lowest BCUT2D eigenvalue weighted by atomic mass is 9.80. The first kappa shape index (κ1) is 18.2. The van der Waals surface area contributed by atoms with E-state index in [4.69, 9.17) is 19.1 Å². The minimum Gasteiger partial charge on any atom is -0.496 e. The van der Waals surface area contributed by atoms with E-state index in [9.17, 15) is 14.0 Å². The Bertz CT molecular complexity index is 1050. The molecule has 0 radical (unpaired) electrons. The van der Waals surface area contributed by atoms with E-state index in [0.717, 1.165) is 4.90 Å². The van der Waals surface area contributed by atoms with Crippen molar-refractivity contribution in [2.24, 2.45) is 0 Å². The summed E-state index contributed by atoms with van der Waals surface area (Å²) >= 11 is 6.30. The van der Waals surface area contributed by atoms with Crippen molar-refractivity contribution >= 4 is 29.1 Å². The molecule has 4 rings (SSSR count). The summed E-state index contributed by atoms with van der Waals surface area (Å²) < 4.78 is 35.6. The Labute approximate surface area is 182 Å². The molecule has 2 aliphatic rings. The normalized spacial score (nSPS) is 26.6. The van der Waals surface area contributed by atoms with Crippen molar-refractivity contribution in [3.63, 3.8) is 0 Å².